The summed E-state index contributed by atoms with van der Waals surface area (Å²) < 4.78 is 30.8. The number of alkyl halides is 2. The smallest absolute Gasteiger partial charge is 0.387 e. The van der Waals surface area contributed by atoms with Crippen molar-refractivity contribution in [2.75, 3.05) is 0 Å². The maximum atomic E-state index is 12.2. The first kappa shape index (κ1) is 14.5. The van der Waals surface area contributed by atoms with E-state index in [9.17, 15) is 8.78 Å². The molecule has 0 fully saturated rings. The molecule has 1 aromatic carbocycles. The van der Waals surface area contributed by atoms with Crippen molar-refractivity contribution in [1.82, 2.24) is 9.88 Å². The molecule has 0 spiro atoms. The largest absolute Gasteiger partial charge is 0.435 e. The number of nitrogens with one attached hydrogen (secondary N) is 1. The number of ether oxygens (including phenoxy) is 1. The van der Waals surface area contributed by atoms with Gasteiger partial charge in [0, 0.05) is 31.5 Å². The van der Waals surface area contributed by atoms with Crippen molar-refractivity contribution in [2.45, 2.75) is 26.1 Å². The van der Waals surface area contributed by atoms with Gasteiger partial charge in [-0.3, -0.25) is 0 Å². The minimum Gasteiger partial charge on any atom is -0.435 e. The maximum absolute atomic E-state index is 12.2. The molecule has 0 radical (unpaired) electrons. The lowest BCUT2D eigenvalue weighted by atomic mass is 10.1. The van der Waals surface area contributed by atoms with Gasteiger partial charge in [-0.15, -0.1) is 0 Å². The number of benzene rings is 1. The highest BCUT2D eigenvalue weighted by Gasteiger charge is 2.09. The van der Waals surface area contributed by atoms with Crippen LogP contribution >= 0.6 is 0 Å². The Kier molecular flexibility index (Phi) is 4.74. The van der Waals surface area contributed by atoms with Gasteiger partial charge in [0.1, 0.15) is 5.75 Å². The molecule has 1 N–H and O–H groups in total. The van der Waals surface area contributed by atoms with Gasteiger partial charge in [0.25, 0.3) is 0 Å². The van der Waals surface area contributed by atoms with Crippen molar-refractivity contribution in [1.29, 1.82) is 0 Å². The second kappa shape index (κ2) is 6.52. The zero-order valence-electron chi connectivity index (χ0n) is 11.5. The Balaban J connectivity index is 1.98. The molecule has 2 rings (SSSR count). The molecule has 0 aliphatic rings. The first-order valence-electron chi connectivity index (χ1n) is 6.44. The van der Waals surface area contributed by atoms with Crippen LogP contribution in [-0.2, 0) is 13.6 Å². The Morgan fingerprint density at radius 1 is 1.25 bits per heavy atom. The molecule has 2 aromatic rings. The molecule has 1 unspecified atom stereocenters. The summed E-state index contributed by atoms with van der Waals surface area (Å²) in [5, 5.41) is 3.36. The summed E-state index contributed by atoms with van der Waals surface area (Å²) in [4.78, 5) is 0. The predicted octanol–water partition coefficient (Wildman–Crippen LogP) is 3.48. The molecule has 1 heterocycles. The van der Waals surface area contributed by atoms with Crippen molar-refractivity contribution in [3.63, 3.8) is 0 Å². The highest BCUT2D eigenvalue weighted by Crippen LogP contribution is 2.21. The zero-order chi connectivity index (χ0) is 14.5. The lowest BCUT2D eigenvalue weighted by Crippen LogP contribution is -2.19. The van der Waals surface area contributed by atoms with Crippen LogP contribution in [0.25, 0.3) is 0 Å². The summed E-state index contributed by atoms with van der Waals surface area (Å²) in [7, 11) is 1.98. The lowest BCUT2D eigenvalue weighted by molar-refractivity contribution is -0.0499. The fourth-order valence-electron chi connectivity index (χ4n) is 2.02. The topological polar surface area (TPSA) is 26.2 Å². The maximum Gasteiger partial charge on any atom is 0.387 e. The van der Waals surface area contributed by atoms with Gasteiger partial charge < -0.3 is 14.6 Å². The van der Waals surface area contributed by atoms with Crippen LogP contribution in [0.3, 0.4) is 0 Å². The number of halogens is 2. The van der Waals surface area contributed by atoms with Gasteiger partial charge in [0.2, 0.25) is 0 Å². The first-order valence-corrected chi connectivity index (χ1v) is 6.44. The summed E-state index contributed by atoms with van der Waals surface area (Å²) >= 11 is 0. The van der Waals surface area contributed by atoms with E-state index < -0.39 is 6.61 Å². The fourth-order valence-corrected chi connectivity index (χ4v) is 2.02. The number of nitrogens with zero attached hydrogens (tertiary/aromatic N) is 1. The first-order chi connectivity index (χ1) is 9.56. The Labute approximate surface area is 117 Å². The van der Waals surface area contributed by atoms with E-state index in [2.05, 4.69) is 10.1 Å². The summed E-state index contributed by atoms with van der Waals surface area (Å²) in [5.41, 5.74) is 2.08. The predicted molar refractivity (Wildman–Crippen MR) is 73.7 cm³/mol. The lowest BCUT2D eigenvalue weighted by Gasteiger charge is -2.16. The van der Waals surface area contributed by atoms with Gasteiger partial charge >= 0.3 is 6.61 Å². The molecule has 0 aliphatic carbocycles. The third-order valence-corrected chi connectivity index (χ3v) is 3.22. The highest BCUT2D eigenvalue weighted by atomic mass is 19.3. The minimum atomic E-state index is -2.79. The van der Waals surface area contributed by atoms with Gasteiger partial charge in [-0.25, -0.2) is 0 Å². The molecule has 1 aromatic heterocycles. The van der Waals surface area contributed by atoms with Crippen LogP contribution in [0.15, 0.2) is 42.6 Å². The molecule has 20 heavy (non-hydrogen) atoms. The second-order valence-electron chi connectivity index (χ2n) is 4.66. The van der Waals surface area contributed by atoms with Gasteiger partial charge in [-0.05, 0) is 36.8 Å². The van der Waals surface area contributed by atoms with Crippen LogP contribution in [-0.4, -0.2) is 11.2 Å². The molecule has 108 valence electrons. The van der Waals surface area contributed by atoms with Crippen LogP contribution < -0.4 is 10.1 Å². The molecule has 1 atom stereocenters. The van der Waals surface area contributed by atoms with Gasteiger partial charge in [0.05, 0.1) is 0 Å². The number of aryl methyl sites for hydroxylation is 1. The van der Waals surface area contributed by atoms with E-state index in [0.717, 1.165) is 11.3 Å². The van der Waals surface area contributed by atoms with Gasteiger partial charge in [0.15, 0.2) is 0 Å². The van der Waals surface area contributed by atoms with E-state index in [1.54, 1.807) is 12.1 Å². The summed E-state index contributed by atoms with van der Waals surface area (Å²) in [6, 6.07) is 10.8. The van der Waals surface area contributed by atoms with Crippen molar-refractivity contribution in [3.05, 3.63) is 53.9 Å². The van der Waals surface area contributed by atoms with E-state index in [-0.39, 0.29) is 11.8 Å². The second-order valence-corrected chi connectivity index (χ2v) is 4.66. The van der Waals surface area contributed by atoms with Crippen LogP contribution in [0.4, 0.5) is 8.78 Å². The average molecular weight is 280 g/mol. The van der Waals surface area contributed by atoms with Gasteiger partial charge in [-0.2, -0.15) is 8.78 Å². The van der Waals surface area contributed by atoms with Crippen molar-refractivity contribution in [2.24, 2.45) is 7.05 Å². The van der Waals surface area contributed by atoms with E-state index in [4.69, 9.17) is 0 Å². The molecular weight excluding hydrogens is 262 g/mol. The Morgan fingerprint density at radius 3 is 2.70 bits per heavy atom. The molecule has 0 aliphatic heterocycles. The molecular formula is C15H18F2N2O. The minimum absolute atomic E-state index is 0.0473. The van der Waals surface area contributed by atoms with E-state index in [1.165, 1.54) is 6.07 Å². The van der Waals surface area contributed by atoms with E-state index in [0.29, 0.717) is 6.54 Å². The summed E-state index contributed by atoms with van der Waals surface area (Å²) in [5.74, 6) is 0.185. The van der Waals surface area contributed by atoms with Gasteiger partial charge in [-0.1, -0.05) is 12.1 Å². The monoisotopic (exact) mass is 280 g/mol. The van der Waals surface area contributed by atoms with Crippen molar-refractivity contribution >= 4 is 0 Å². The van der Waals surface area contributed by atoms with Crippen LogP contribution in [0.5, 0.6) is 5.75 Å². The summed E-state index contributed by atoms with van der Waals surface area (Å²) in [6.45, 7) is -0.0912. The average Bonchev–Trinajstić information content (AvgIpc) is 2.81. The molecule has 0 saturated heterocycles. The van der Waals surface area contributed by atoms with Crippen LogP contribution in [0.1, 0.15) is 24.2 Å². The van der Waals surface area contributed by atoms with E-state index >= 15 is 0 Å². The highest BCUT2D eigenvalue weighted by molar-refractivity contribution is 5.30. The molecule has 0 bridgehead atoms. The van der Waals surface area contributed by atoms with Crippen LogP contribution in [0, 0.1) is 0 Å². The normalized spacial score (nSPS) is 12.7. The number of rotatable bonds is 6. The number of hydrogen-bond acceptors (Lipinski definition) is 2. The quantitative estimate of drug-likeness (QED) is 0.876. The van der Waals surface area contributed by atoms with Crippen molar-refractivity contribution < 1.29 is 13.5 Å². The van der Waals surface area contributed by atoms with Crippen molar-refractivity contribution in [3.8, 4) is 5.75 Å². The fraction of sp³-hybridized carbons (Fsp3) is 0.333. The third-order valence-electron chi connectivity index (χ3n) is 3.22. The Morgan fingerprint density at radius 2 is 2.05 bits per heavy atom. The van der Waals surface area contributed by atoms with Crippen LogP contribution in [0.2, 0.25) is 0 Å². The standard InChI is InChI=1S/C15H18F2N2O/c1-11(18-10-13-6-4-8-19(13)2)12-5-3-7-14(9-12)20-15(16)17/h3-9,11,15,18H,10H2,1-2H3. The third kappa shape index (κ3) is 3.81. The Hall–Kier alpha value is -1.88. The summed E-state index contributed by atoms with van der Waals surface area (Å²) in [6.07, 6.45) is 1.98. The van der Waals surface area contributed by atoms with E-state index in [1.807, 2.05) is 42.9 Å². The SMILES string of the molecule is CC(NCc1cccn1C)c1cccc(OC(F)F)c1. The number of aromatic nitrogens is 1. The molecule has 0 amide bonds. The zero-order valence-corrected chi connectivity index (χ0v) is 11.5. The Bertz CT molecular complexity index is 554. The number of hydrogen-bond donors (Lipinski definition) is 1. The molecule has 3 nitrogen and oxygen atoms in total. The molecule has 0 saturated carbocycles. The molecule has 5 heteroatoms.